The molecule has 0 radical (unpaired) electrons. The van der Waals surface area contributed by atoms with E-state index in [2.05, 4.69) is 5.32 Å². The molecule has 0 unspecified atom stereocenters. The maximum atomic E-state index is 11.8. The highest BCUT2D eigenvalue weighted by Crippen LogP contribution is 2.17. The van der Waals surface area contributed by atoms with Crippen LogP contribution in [0.2, 0.25) is 0 Å². The Labute approximate surface area is 103 Å². The summed E-state index contributed by atoms with van der Waals surface area (Å²) >= 11 is 0. The number of carbonyl (C=O) groups excluding carboxylic acids is 1. The lowest BCUT2D eigenvalue weighted by molar-refractivity contribution is -0.142. The molecule has 1 amide bonds. The lowest BCUT2D eigenvalue weighted by atomic mass is 9.86. The summed E-state index contributed by atoms with van der Waals surface area (Å²) in [7, 11) is 0. The van der Waals surface area contributed by atoms with Gasteiger partial charge < -0.3 is 16.2 Å². The second-order valence-electron chi connectivity index (χ2n) is 5.87. The van der Waals surface area contributed by atoms with Gasteiger partial charge in [-0.1, -0.05) is 34.6 Å². The van der Waals surface area contributed by atoms with Crippen LogP contribution in [0.15, 0.2) is 0 Å². The minimum Gasteiger partial charge on any atom is -0.480 e. The van der Waals surface area contributed by atoms with Crippen molar-refractivity contribution in [2.75, 3.05) is 0 Å². The highest BCUT2D eigenvalue weighted by molar-refractivity contribution is 5.87. The maximum absolute atomic E-state index is 11.8. The Hall–Kier alpha value is -1.10. The van der Waals surface area contributed by atoms with Crippen molar-refractivity contribution in [3.05, 3.63) is 0 Å². The highest BCUT2D eigenvalue weighted by atomic mass is 16.4. The molecule has 0 aliphatic carbocycles. The molecule has 0 rings (SSSR count). The van der Waals surface area contributed by atoms with E-state index in [0.29, 0.717) is 6.42 Å². The van der Waals surface area contributed by atoms with Gasteiger partial charge in [-0.25, -0.2) is 4.79 Å². The SMILES string of the molecule is CC(C)C[C@@H](NC(=O)[C@@H](N)C(C)(C)C)C(=O)O. The quantitative estimate of drug-likeness (QED) is 0.672. The minimum atomic E-state index is -1.02. The third kappa shape index (κ3) is 5.68. The molecule has 4 N–H and O–H groups in total. The molecule has 2 atom stereocenters. The van der Waals surface area contributed by atoms with Gasteiger partial charge in [-0.15, -0.1) is 0 Å². The maximum Gasteiger partial charge on any atom is 0.326 e. The lowest BCUT2D eigenvalue weighted by Gasteiger charge is -2.27. The van der Waals surface area contributed by atoms with Gasteiger partial charge in [0.2, 0.25) is 5.91 Å². The number of carbonyl (C=O) groups is 2. The smallest absolute Gasteiger partial charge is 0.326 e. The Balaban J connectivity index is 4.57. The van der Waals surface area contributed by atoms with Crippen LogP contribution in [0.5, 0.6) is 0 Å². The summed E-state index contributed by atoms with van der Waals surface area (Å²) in [4.78, 5) is 22.8. The van der Waals surface area contributed by atoms with Gasteiger partial charge in [0.1, 0.15) is 6.04 Å². The van der Waals surface area contributed by atoms with Crippen LogP contribution in [0.25, 0.3) is 0 Å². The molecule has 0 bridgehead atoms. The fourth-order valence-electron chi connectivity index (χ4n) is 1.35. The van der Waals surface area contributed by atoms with Crippen LogP contribution in [-0.2, 0) is 9.59 Å². The van der Waals surface area contributed by atoms with Crippen molar-refractivity contribution in [3.63, 3.8) is 0 Å². The van der Waals surface area contributed by atoms with Crippen LogP contribution >= 0.6 is 0 Å². The van der Waals surface area contributed by atoms with Crippen molar-refractivity contribution < 1.29 is 14.7 Å². The number of aliphatic carboxylic acids is 1. The van der Waals surface area contributed by atoms with E-state index in [1.54, 1.807) is 0 Å². The molecule has 100 valence electrons. The molecule has 0 saturated carbocycles. The Morgan fingerprint density at radius 2 is 1.76 bits per heavy atom. The zero-order chi connectivity index (χ0) is 13.8. The van der Waals surface area contributed by atoms with E-state index >= 15 is 0 Å². The highest BCUT2D eigenvalue weighted by Gasteiger charge is 2.30. The summed E-state index contributed by atoms with van der Waals surface area (Å²) < 4.78 is 0. The summed E-state index contributed by atoms with van der Waals surface area (Å²) in [5.41, 5.74) is 5.38. The van der Waals surface area contributed by atoms with Gasteiger partial charge in [-0.2, -0.15) is 0 Å². The van der Waals surface area contributed by atoms with Crippen LogP contribution in [0.1, 0.15) is 41.0 Å². The van der Waals surface area contributed by atoms with E-state index in [1.165, 1.54) is 0 Å². The summed E-state index contributed by atoms with van der Waals surface area (Å²) in [5.74, 6) is -1.24. The van der Waals surface area contributed by atoms with Crippen LogP contribution in [0.3, 0.4) is 0 Å². The summed E-state index contributed by atoms with van der Waals surface area (Å²) in [6.45, 7) is 9.35. The van der Waals surface area contributed by atoms with Gasteiger partial charge in [0.05, 0.1) is 6.04 Å². The molecule has 0 aromatic rings. The van der Waals surface area contributed by atoms with Crippen molar-refractivity contribution in [1.29, 1.82) is 0 Å². The summed E-state index contributed by atoms with van der Waals surface area (Å²) in [6.07, 6.45) is 0.401. The second kappa shape index (κ2) is 6.00. The number of nitrogens with two attached hydrogens (primary N) is 1. The number of rotatable bonds is 5. The molecule has 0 aromatic carbocycles. The lowest BCUT2D eigenvalue weighted by Crippen LogP contribution is -2.53. The molecular weight excluding hydrogens is 220 g/mol. The summed E-state index contributed by atoms with van der Waals surface area (Å²) in [5, 5.41) is 11.5. The van der Waals surface area contributed by atoms with E-state index in [-0.39, 0.29) is 11.3 Å². The molecule has 0 aliphatic rings. The van der Waals surface area contributed by atoms with Crippen LogP contribution in [0.4, 0.5) is 0 Å². The fraction of sp³-hybridized carbons (Fsp3) is 0.833. The standard InChI is InChI=1S/C12H24N2O3/c1-7(2)6-8(11(16)17)14-10(15)9(13)12(3,4)5/h7-9H,6,13H2,1-5H3,(H,14,15)(H,16,17)/t8-,9-/m1/s1. The molecule has 0 saturated heterocycles. The molecule has 0 aromatic heterocycles. The van der Waals surface area contributed by atoms with E-state index in [9.17, 15) is 9.59 Å². The van der Waals surface area contributed by atoms with Crippen molar-refractivity contribution in [2.45, 2.75) is 53.1 Å². The molecule has 0 spiro atoms. The van der Waals surface area contributed by atoms with Gasteiger partial charge in [0, 0.05) is 0 Å². The Kier molecular flexibility index (Phi) is 5.61. The molecule has 17 heavy (non-hydrogen) atoms. The fourth-order valence-corrected chi connectivity index (χ4v) is 1.35. The number of amides is 1. The summed E-state index contributed by atoms with van der Waals surface area (Å²) in [6, 6.07) is -1.58. The molecule has 0 aliphatic heterocycles. The third-order valence-electron chi connectivity index (χ3n) is 2.54. The van der Waals surface area contributed by atoms with Crippen molar-refractivity contribution in [2.24, 2.45) is 17.1 Å². The van der Waals surface area contributed by atoms with E-state index in [0.717, 1.165) is 0 Å². The van der Waals surface area contributed by atoms with Crippen molar-refractivity contribution >= 4 is 11.9 Å². The zero-order valence-corrected chi connectivity index (χ0v) is 11.3. The first-order valence-electron chi connectivity index (χ1n) is 5.84. The molecule has 5 heteroatoms. The van der Waals surface area contributed by atoms with Gasteiger partial charge >= 0.3 is 5.97 Å². The van der Waals surface area contributed by atoms with Crippen LogP contribution < -0.4 is 11.1 Å². The topological polar surface area (TPSA) is 92.4 Å². The van der Waals surface area contributed by atoms with Gasteiger partial charge in [0.15, 0.2) is 0 Å². The van der Waals surface area contributed by atoms with Crippen LogP contribution in [0, 0.1) is 11.3 Å². The number of carboxylic acids is 1. The first-order chi connectivity index (χ1) is 7.55. The molecule has 0 heterocycles. The average molecular weight is 244 g/mol. The minimum absolute atomic E-state index is 0.197. The molecular formula is C12H24N2O3. The number of carboxylic acid groups (broad SMARTS) is 1. The largest absolute Gasteiger partial charge is 0.480 e. The van der Waals surface area contributed by atoms with Crippen molar-refractivity contribution in [3.8, 4) is 0 Å². The third-order valence-corrected chi connectivity index (χ3v) is 2.54. The van der Waals surface area contributed by atoms with Gasteiger partial charge in [-0.05, 0) is 17.8 Å². The average Bonchev–Trinajstić information content (AvgIpc) is 2.13. The predicted molar refractivity (Wildman–Crippen MR) is 66.5 cm³/mol. The van der Waals surface area contributed by atoms with Gasteiger partial charge in [0.25, 0.3) is 0 Å². The van der Waals surface area contributed by atoms with E-state index < -0.39 is 24.0 Å². The van der Waals surface area contributed by atoms with E-state index in [1.807, 2.05) is 34.6 Å². The number of hydrogen-bond donors (Lipinski definition) is 3. The number of nitrogens with one attached hydrogen (secondary N) is 1. The monoisotopic (exact) mass is 244 g/mol. The number of hydrogen-bond acceptors (Lipinski definition) is 3. The first-order valence-corrected chi connectivity index (χ1v) is 5.84. The second-order valence-corrected chi connectivity index (χ2v) is 5.87. The van der Waals surface area contributed by atoms with Crippen molar-refractivity contribution in [1.82, 2.24) is 5.32 Å². The molecule has 0 fully saturated rings. The Morgan fingerprint density at radius 3 is 2.06 bits per heavy atom. The van der Waals surface area contributed by atoms with Gasteiger partial charge in [-0.3, -0.25) is 4.79 Å². The Morgan fingerprint density at radius 1 is 1.29 bits per heavy atom. The normalized spacial score (nSPS) is 15.5. The van der Waals surface area contributed by atoms with Crippen LogP contribution in [-0.4, -0.2) is 29.1 Å². The van der Waals surface area contributed by atoms with E-state index in [4.69, 9.17) is 10.8 Å². The Bertz CT molecular complexity index is 282. The first kappa shape index (κ1) is 15.9. The molecule has 5 nitrogen and oxygen atoms in total. The zero-order valence-electron chi connectivity index (χ0n) is 11.3. The predicted octanol–water partition coefficient (Wildman–Crippen LogP) is 0.975.